The van der Waals surface area contributed by atoms with Crippen molar-refractivity contribution in [2.45, 2.75) is 13.5 Å². The lowest BCUT2D eigenvalue weighted by Crippen LogP contribution is -2.28. The van der Waals surface area contributed by atoms with Crippen molar-refractivity contribution in [2.24, 2.45) is 0 Å². The number of benzene rings is 2. The third kappa shape index (κ3) is 4.26. The Labute approximate surface area is 165 Å². The molecule has 0 spiro atoms. The second kappa shape index (κ2) is 8.02. The Morgan fingerprint density at radius 2 is 2.07 bits per heavy atom. The Morgan fingerprint density at radius 1 is 1.30 bits per heavy atom. The van der Waals surface area contributed by atoms with E-state index in [9.17, 15) is 14.4 Å². The number of halogens is 1. The number of methoxy groups -OCH3 is 1. The lowest BCUT2D eigenvalue weighted by atomic mass is 10.1. The predicted molar refractivity (Wildman–Crippen MR) is 106 cm³/mol. The first kappa shape index (κ1) is 19.3. The van der Waals surface area contributed by atoms with Crippen molar-refractivity contribution in [3.63, 3.8) is 0 Å². The van der Waals surface area contributed by atoms with Crippen LogP contribution in [0.15, 0.2) is 36.4 Å². The summed E-state index contributed by atoms with van der Waals surface area (Å²) in [5, 5.41) is 3.09. The van der Waals surface area contributed by atoms with Crippen LogP contribution >= 0.6 is 23.4 Å². The fraction of sp³-hybridized carbons (Fsp3) is 0.211. The number of carbonyl (C=O) groups excluding carboxylic acids is 3. The minimum atomic E-state index is -0.328. The Morgan fingerprint density at radius 3 is 2.74 bits per heavy atom. The molecule has 1 N–H and O–H groups in total. The number of thioether (sulfide) groups is 1. The molecule has 140 valence electrons. The quantitative estimate of drug-likeness (QED) is 0.811. The summed E-state index contributed by atoms with van der Waals surface area (Å²) >= 11 is 7.07. The van der Waals surface area contributed by atoms with Crippen molar-refractivity contribution in [3.05, 3.63) is 58.1 Å². The molecule has 1 saturated heterocycles. The van der Waals surface area contributed by atoms with E-state index in [0.29, 0.717) is 27.6 Å². The normalized spacial score (nSPS) is 13.8. The van der Waals surface area contributed by atoms with E-state index in [-0.39, 0.29) is 29.4 Å². The Bertz CT molecular complexity index is 916. The molecule has 3 rings (SSSR count). The van der Waals surface area contributed by atoms with Gasteiger partial charge in [-0.05, 0) is 36.2 Å². The molecule has 0 unspecified atom stereocenters. The molecular weight excluding hydrogens is 388 g/mol. The van der Waals surface area contributed by atoms with Crippen LogP contribution in [0.5, 0.6) is 5.75 Å². The van der Waals surface area contributed by atoms with Gasteiger partial charge in [-0.3, -0.25) is 19.3 Å². The summed E-state index contributed by atoms with van der Waals surface area (Å²) in [6.07, 6.45) is 0. The zero-order valence-corrected chi connectivity index (χ0v) is 16.3. The SMILES string of the molecule is COc1cc(Cl)c(C)cc1NC(=O)c1cccc(CN2C(=O)CSC2=O)c1. The molecule has 8 heteroatoms. The number of aryl methyl sites for hydroxylation is 1. The molecule has 2 aromatic carbocycles. The maximum Gasteiger partial charge on any atom is 0.289 e. The molecule has 27 heavy (non-hydrogen) atoms. The van der Waals surface area contributed by atoms with Crippen molar-refractivity contribution < 1.29 is 19.1 Å². The van der Waals surface area contributed by atoms with Crippen LogP contribution in [0.3, 0.4) is 0 Å². The van der Waals surface area contributed by atoms with Crippen LogP contribution in [0.2, 0.25) is 5.02 Å². The van der Waals surface area contributed by atoms with Crippen LogP contribution in [0, 0.1) is 6.92 Å². The summed E-state index contributed by atoms with van der Waals surface area (Å²) in [5.74, 6) is 0.0706. The van der Waals surface area contributed by atoms with Gasteiger partial charge in [-0.1, -0.05) is 35.5 Å². The largest absolute Gasteiger partial charge is 0.495 e. The summed E-state index contributed by atoms with van der Waals surface area (Å²) in [5.41, 5.74) is 2.43. The first-order valence-electron chi connectivity index (χ1n) is 8.10. The van der Waals surface area contributed by atoms with Crippen molar-refractivity contribution in [3.8, 4) is 5.75 Å². The van der Waals surface area contributed by atoms with Crippen LogP contribution in [0.4, 0.5) is 10.5 Å². The molecular formula is C19H17ClN2O4S. The number of carbonyl (C=O) groups is 3. The average Bonchev–Trinajstić information content (AvgIpc) is 2.96. The fourth-order valence-corrected chi connectivity index (χ4v) is 3.53. The highest BCUT2D eigenvalue weighted by Gasteiger charge is 2.29. The highest BCUT2D eigenvalue weighted by Crippen LogP contribution is 2.31. The number of imide groups is 1. The van der Waals surface area contributed by atoms with Crippen LogP contribution in [0.1, 0.15) is 21.5 Å². The highest BCUT2D eigenvalue weighted by atomic mass is 35.5. The standard InChI is InChI=1S/C19H17ClN2O4S/c1-11-6-15(16(26-2)8-14(11)20)21-18(24)13-5-3-4-12(7-13)9-22-17(23)10-27-19(22)25/h3-8H,9-10H2,1-2H3,(H,21,24). The monoisotopic (exact) mass is 404 g/mol. The fourth-order valence-electron chi connectivity index (χ4n) is 2.65. The molecule has 1 aliphatic heterocycles. The van der Waals surface area contributed by atoms with Gasteiger partial charge in [0, 0.05) is 16.7 Å². The van der Waals surface area contributed by atoms with E-state index in [1.165, 1.54) is 12.0 Å². The summed E-state index contributed by atoms with van der Waals surface area (Å²) in [4.78, 5) is 37.3. The number of hydrogen-bond donors (Lipinski definition) is 1. The topological polar surface area (TPSA) is 75.7 Å². The van der Waals surface area contributed by atoms with Gasteiger partial charge in [0.1, 0.15) is 5.75 Å². The van der Waals surface area contributed by atoms with Gasteiger partial charge in [-0.2, -0.15) is 0 Å². The minimum Gasteiger partial charge on any atom is -0.495 e. The second-order valence-electron chi connectivity index (χ2n) is 5.99. The van der Waals surface area contributed by atoms with Crippen LogP contribution < -0.4 is 10.1 Å². The van der Waals surface area contributed by atoms with E-state index in [1.807, 2.05) is 6.92 Å². The van der Waals surface area contributed by atoms with E-state index in [0.717, 1.165) is 17.3 Å². The molecule has 1 fully saturated rings. The van der Waals surface area contributed by atoms with E-state index in [4.69, 9.17) is 16.3 Å². The average molecular weight is 405 g/mol. The molecule has 1 aliphatic rings. The predicted octanol–water partition coefficient (Wildman–Crippen LogP) is 4.10. The van der Waals surface area contributed by atoms with Gasteiger partial charge < -0.3 is 10.1 Å². The van der Waals surface area contributed by atoms with Gasteiger partial charge in [0.15, 0.2) is 0 Å². The molecule has 0 saturated carbocycles. The molecule has 0 radical (unpaired) electrons. The zero-order chi connectivity index (χ0) is 19.6. The number of nitrogens with zero attached hydrogens (tertiary/aromatic N) is 1. The molecule has 0 atom stereocenters. The lowest BCUT2D eigenvalue weighted by molar-refractivity contribution is -0.125. The summed E-state index contributed by atoms with van der Waals surface area (Å²) in [7, 11) is 1.50. The third-order valence-electron chi connectivity index (χ3n) is 4.10. The number of anilines is 1. The Kier molecular flexibility index (Phi) is 5.72. The van der Waals surface area contributed by atoms with Gasteiger partial charge in [0.05, 0.1) is 25.1 Å². The first-order chi connectivity index (χ1) is 12.9. The van der Waals surface area contributed by atoms with Crippen LogP contribution in [0.25, 0.3) is 0 Å². The molecule has 2 aromatic rings. The van der Waals surface area contributed by atoms with Crippen LogP contribution in [-0.4, -0.2) is 34.8 Å². The highest BCUT2D eigenvalue weighted by molar-refractivity contribution is 8.14. The van der Waals surface area contributed by atoms with Gasteiger partial charge in [-0.15, -0.1) is 0 Å². The van der Waals surface area contributed by atoms with Crippen LogP contribution in [-0.2, 0) is 11.3 Å². The minimum absolute atomic E-state index is 0.148. The maximum absolute atomic E-state index is 12.6. The first-order valence-corrected chi connectivity index (χ1v) is 9.47. The molecule has 3 amide bonds. The molecule has 6 nitrogen and oxygen atoms in total. The number of ether oxygens (including phenoxy) is 1. The Balaban J connectivity index is 1.79. The lowest BCUT2D eigenvalue weighted by Gasteiger charge is -2.14. The molecule has 0 aliphatic carbocycles. The van der Waals surface area contributed by atoms with Crippen molar-refractivity contribution in [1.82, 2.24) is 4.90 Å². The van der Waals surface area contributed by atoms with Crippen molar-refractivity contribution in [1.29, 1.82) is 0 Å². The van der Waals surface area contributed by atoms with E-state index >= 15 is 0 Å². The summed E-state index contributed by atoms with van der Waals surface area (Å²) in [6.45, 7) is 1.98. The molecule has 0 aromatic heterocycles. The smallest absolute Gasteiger partial charge is 0.289 e. The number of rotatable bonds is 5. The summed E-state index contributed by atoms with van der Waals surface area (Å²) in [6, 6.07) is 10.2. The van der Waals surface area contributed by atoms with Gasteiger partial charge in [0.25, 0.3) is 11.1 Å². The van der Waals surface area contributed by atoms with E-state index < -0.39 is 0 Å². The maximum atomic E-state index is 12.6. The van der Waals surface area contributed by atoms with E-state index in [2.05, 4.69) is 5.32 Å². The second-order valence-corrected chi connectivity index (χ2v) is 7.32. The van der Waals surface area contributed by atoms with Gasteiger partial charge in [0.2, 0.25) is 5.91 Å². The summed E-state index contributed by atoms with van der Waals surface area (Å²) < 4.78 is 5.27. The van der Waals surface area contributed by atoms with Gasteiger partial charge in [-0.25, -0.2) is 0 Å². The van der Waals surface area contributed by atoms with E-state index in [1.54, 1.807) is 36.4 Å². The third-order valence-corrected chi connectivity index (χ3v) is 5.37. The Hall–Kier alpha value is -2.51. The van der Waals surface area contributed by atoms with Gasteiger partial charge >= 0.3 is 0 Å². The number of amides is 3. The van der Waals surface area contributed by atoms with Crippen molar-refractivity contribution >= 4 is 46.1 Å². The number of hydrogen-bond acceptors (Lipinski definition) is 5. The molecule has 0 bridgehead atoms. The molecule has 1 heterocycles. The zero-order valence-electron chi connectivity index (χ0n) is 14.7. The number of nitrogens with one attached hydrogen (secondary N) is 1. The van der Waals surface area contributed by atoms with Crippen molar-refractivity contribution in [2.75, 3.05) is 18.2 Å².